The molecule has 0 unspecified atom stereocenters. The molecule has 1 heterocycles. The molecule has 0 radical (unpaired) electrons. The second-order valence-electron chi connectivity index (χ2n) is 6.48. The summed E-state index contributed by atoms with van der Waals surface area (Å²) in [7, 11) is 1.52. The quantitative estimate of drug-likeness (QED) is 0.392. The number of alkyl halides is 3. The van der Waals surface area contributed by atoms with E-state index < -0.39 is 16.8 Å². The van der Waals surface area contributed by atoms with Crippen LogP contribution in [-0.4, -0.2) is 30.0 Å². The van der Waals surface area contributed by atoms with Gasteiger partial charge < -0.3 is 15.4 Å². The minimum Gasteiger partial charge on any atom is -0.458 e. The van der Waals surface area contributed by atoms with Crippen molar-refractivity contribution in [1.82, 2.24) is 15.9 Å². The molecule has 2 aromatic carbocycles. The van der Waals surface area contributed by atoms with E-state index in [4.69, 9.17) is 16.3 Å². The van der Waals surface area contributed by atoms with Crippen LogP contribution in [0.1, 0.15) is 5.56 Å². The predicted octanol–water partition coefficient (Wildman–Crippen LogP) is 3.90. The van der Waals surface area contributed by atoms with E-state index in [9.17, 15) is 23.2 Å². The number of benzene rings is 2. The van der Waals surface area contributed by atoms with Crippen LogP contribution >= 0.6 is 11.6 Å². The summed E-state index contributed by atoms with van der Waals surface area (Å²) in [5, 5.41) is 15.4. The molecule has 0 fully saturated rings. The van der Waals surface area contributed by atoms with E-state index in [0.29, 0.717) is 34.7 Å². The first-order valence-electron chi connectivity index (χ1n) is 9.20. The maximum Gasteiger partial charge on any atom is 0.417 e. The minimum atomic E-state index is -4.63. The summed E-state index contributed by atoms with van der Waals surface area (Å²) in [4.78, 5) is 11.7. The zero-order valence-electron chi connectivity index (χ0n) is 16.6. The second-order valence-corrected chi connectivity index (χ2v) is 6.89. The number of dihydropyridines is 1. The fraction of sp³-hybridized carbons (Fsp3) is 0.150. The second kappa shape index (κ2) is 9.81. The summed E-state index contributed by atoms with van der Waals surface area (Å²) in [6.45, 7) is 0.431. The van der Waals surface area contributed by atoms with Crippen LogP contribution in [0.2, 0.25) is 5.02 Å². The van der Waals surface area contributed by atoms with Gasteiger partial charge in [0.05, 0.1) is 22.0 Å². The lowest BCUT2D eigenvalue weighted by atomic mass is 10.2. The van der Waals surface area contributed by atoms with E-state index in [1.165, 1.54) is 13.1 Å². The normalized spacial score (nSPS) is 13.6. The number of halogens is 4. The smallest absolute Gasteiger partial charge is 0.417 e. The Morgan fingerprint density at radius 3 is 2.47 bits per heavy atom. The molecule has 0 aliphatic carbocycles. The molecule has 0 bridgehead atoms. The molecule has 3 rings (SSSR count). The third-order valence-corrected chi connectivity index (χ3v) is 4.52. The van der Waals surface area contributed by atoms with Crippen molar-refractivity contribution in [3.05, 3.63) is 76.7 Å². The Bertz CT molecular complexity index is 1040. The van der Waals surface area contributed by atoms with Gasteiger partial charge in [-0.2, -0.15) is 13.2 Å². The molecule has 32 heavy (non-hydrogen) atoms. The summed E-state index contributed by atoms with van der Waals surface area (Å²) in [6.07, 6.45) is -1.30. The van der Waals surface area contributed by atoms with E-state index in [0.717, 1.165) is 12.1 Å². The van der Waals surface area contributed by atoms with Gasteiger partial charge >= 0.3 is 6.18 Å². The fourth-order valence-corrected chi connectivity index (χ4v) is 2.91. The van der Waals surface area contributed by atoms with Crippen LogP contribution in [0.3, 0.4) is 0 Å². The first-order valence-corrected chi connectivity index (χ1v) is 9.58. The van der Waals surface area contributed by atoms with Crippen LogP contribution in [-0.2, 0) is 11.0 Å². The summed E-state index contributed by atoms with van der Waals surface area (Å²) in [5.74, 6) is 0.690. The summed E-state index contributed by atoms with van der Waals surface area (Å²) in [5.41, 5.74) is 4.63. The number of allylic oxidation sites excluding steroid dienone is 1. The molecule has 12 heteroatoms. The lowest BCUT2D eigenvalue weighted by Gasteiger charge is -2.20. The Morgan fingerprint density at radius 1 is 1.16 bits per heavy atom. The summed E-state index contributed by atoms with van der Waals surface area (Å²) < 4.78 is 44.6. The van der Waals surface area contributed by atoms with E-state index in [1.807, 2.05) is 0 Å². The Kier molecular flexibility index (Phi) is 7.13. The number of carbonyl (C=O) groups is 1. The average molecular weight is 470 g/mol. The highest BCUT2D eigenvalue weighted by Gasteiger charge is 2.33. The first kappa shape index (κ1) is 23.3. The van der Waals surface area contributed by atoms with Crippen molar-refractivity contribution in [3.63, 3.8) is 0 Å². The SMILES string of the molecule is CNC(=O)C1=CC(Oc2ccc(NN(O)Nc3ccc(Cl)c(C(F)(F)F)c3)cc2)=CCN1. The third kappa shape index (κ3) is 6.06. The number of nitrogens with zero attached hydrogens (tertiary/aromatic N) is 1. The number of hydrazine groups is 2. The molecule has 0 aromatic heterocycles. The predicted molar refractivity (Wildman–Crippen MR) is 113 cm³/mol. The average Bonchev–Trinajstić information content (AvgIpc) is 2.75. The van der Waals surface area contributed by atoms with Gasteiger partial charge in [0, 0.05) is 19.7 Å². The lowest BCUT2D eigenvalue weighted by Crippen LogP contribution is -2.32. The molecule has 170 valence electrons. The number of hydrogen-bond acceptors (Lipinski definition) is 7. The number of anilines is 2. The van der Waals surface area contributed by atoms with E-state index in [1.54, 1.807) is 36.4 Å². The highest BCUT2D eigenvalue weighted by molar-refractivity contribution is 6.31. The van der Waals surface area contributed by atoms with Crippen molar-refractivity contribution in [2.75, 3.05) is 24.4 Å². The van der Waals surface area contributed by atoms with Crippen molar-refractivity contribution in [1.29, 1.82) is 0 Å². The molecule has 1 aliphatic rings. The number of nitrogens with one attached hydrogen (secondary N) is 4. The van der Waals surface area contributed by atoms with Gasteiger partial charge in [-0.05, 0) is 53.8 Å². The van der Waals surface area contributed by atoms with Crippen molar-refractivity contribution >= 4 is 28.9 Å². The summed E-state index contributed by atoms with van der Waals surface area (Å²) in [6, 6.07) is 9.51. The maximum absolute atomic E-state index is 13.0. The maximum atomic E-state index is 13.0. The van der Waals surface area contributed by atoms with Crippen LogP contribution in [0.5, 0.6) is 5.75 Å². The van der Waals surface area contributed by atoms with Gasteiger partial charge in [0.1, 0.15) is 17.2 Å². The number of likely N-dealkylation sites (N-methyl/N-ethyl adjacent to an activating group) is 1. The van der Waals surface area contributed by atoms with Gasteiger partial charge in [0.25, 0.3) is 5.91 Å². The van der Waals surface area contributed by atoms with Crippen LogP contribution in [0, 0.1) is 0 Å². The van der Waals surface area contributed by atoms with Gasteiger partial charge in [-0.3, -0.25) is 20.9 Å². The van der Waals surface area contributed by atoms with Gasteiger partial charge in [-0.15, -0.1) is 0 Å². The molecule has 0 atom stereocenters. The lowest BCUT2D eigenvalue weighted by molar-refractivity contribution is -0.137. The Hall–Kier alpha value is -3.41. The van der Waals surface area contributed by atoms with Crippen molar-refractivity contribution in [2.24, 2.45) is 0 Å². The number of carbonyl (C=O) groups excluding carboxylic acids is 1. The van der Waals surface area contributed by atoms with Crippen LogP contribution in [0.4, 0.5) is 24.5 Å². The minimum absolute atomic E-state index is 0.0340. The molecule has 8 nitrogen and oxygen atoms in total. The van der Waals surface area contributed by atoms with Crippen molar-refractivity contribution < 1.29 is 27.9 Å². The molecule has 0 saturated heterocycles. The first-order chi connectivity index (χ1) is 15.2. The fourth-order valence-electron chi connectivity index (χ4n) is 2.68. The molecular weight excluding hydrogens is 451 g/mol. The highest BCUT2D eigenvalue weighted by atomic mass is 35.5. The number of rotatable bonds is 7. The van der Waals surface area contributed by atoms with Crippen LogP contribution < -0.4 is 26.2 Å². The molecular formula is C20H19ClF3N5O3. The van der Waals surface area contributed by atoms with Crippen LogP contribution in [0.15, 0.2) is 66.1 Å². The Balaban J connectivity index is 1.60. The topological polar surface area (TPSA) is 97.9 Å². The monoisotopic (exact) mass is 469 g/mol. The molecule has 5 N–H and O–H groups in total. The number of hydrogen-bond donors (Lipinski definition) is 5. The molecule has 1 aliphatic heterocycles. The largest absolute Gasteiger partial charge is 0.458 e. The van der Waals surface area contributed by atoms with Crippen molar-refractivity contribution in [2.45, 2.75) is 6.18 Å². The zero-order chi connectivity index (χ0) is 23.3. The molecule has 0 saturated carbocycles. The molecule has 0 spiro atoms. The van der Waals surface area contributed by atoms with E-state index in [-0.39, 0.29) is 11.6 Å². The van der Waals surface area contributed by atoms with Crippen molar-refractivity contribution in [3.8, 4) is 5.75 Å². The number of ether oxygens (including phenoxy) is 1. The van der Waals surface area contributed by atoms with Gasteiger partial charge in [0.15, 0.2) is 0 Å². The van der Waals surface area contributed by atoms with Gasteiger partial charge in [-0.1, -0.05) is 11.6 Å². The molecule has 1 amide bonds. The summed E-state index contributed by atoms with van der Waals surface area (Å²) >= 11 is 5.58. The number of amides is 1. The highest BCUT2D eigenvalue weighted by Crippen LogP contribution is 2.36. The van der Waals surface area contributed by atoms with E-state index >= 15 is 0 Å². The van der Waals surface area contributed by atoms with E-state index in [2.05, 4.69) is 21.5 Å². The van der Waals surface area contributed by atoms with Gasteiger partial charge in [-0.25, -0.2) is 0 Å². The third-order valence-electron chi connectivity index (χ3n) is 4.19. The van der Waals surface area contributed by atoms with Crippen LogP contribution in [0.25, 0.3) is 0 Å². The Labute approximate surface area is 186 Å². The standard InChI is InChI=1S/C20H19ClF3N5O3/c1-25-19(30)18-11-15(8-9-26-18)32-14-5-2-12(3-6-14)27-29(31)28-13-4-7-17(21)16(10-13)20(22,23)24/h2-8,10-11,26-28,31H,9H2,1H3,(H,25,30). The van der Waals surface area contributed by atoms with Gasteiger partial charge in [0.2, 0.25) is 0 Å². The Morgan fingerprint density at radius 2 is 1.81 bits per heavy atom. The zero-order valence-corrected chi connectivity index (χ0v) is 17.4. The molecule has 2 aromatic rings.